The number of hydrogen-bond acceptors (Lipinski definition) is 6. The lowest BCUT2D eigenvalue weighted by molar-refractivity contribution is -0.211. The van der Waals surface area contributed by atoms with Crippen molar-refractivity contribution in [1.82, 2.24) is 20.0 Å². The van der Waals surface area contributed by atoms with Crippen molar-refractivity contribution in [2.45, 2.75) is 38.7 Å². The van der Waals surface area contributed by atoms with Crippen LogP contribution in [0.1, 0.15) is 39.5 Å². The van der Waals surface area contributed by atoms with Crippen molar-refractivity contribution < 1.29 is 32.3 Å². The number of fused-ring (bicyclic) bond motifs is 1. The van der Waals surface area contributed by atoms with E-state index in [2.05, 4.69) is 15.0 Å². The van der Waals surface area contributed by atoms with Crippen molar-refractivity contribution >= 4 is 17.8 Å². The van der Waals surface area contributed by atoms with Crippen LogP contribution in [0.15, 0.2) is 48.5 Å². The molecule has 2 aliphatic rings. The van der Waals surface area contributed by atoms with Gasteiger partial charge in [0.15, 0.2) is 0 Å². The molecule has 8 nitrogen and oxygen atoms in total. The maximum absolute atomic E-state index is 13.3. The Hall–Kier alpha value is -3.44. The Morgan fingerprint density at radius 2 is 1.54 bits per heavy atom. The molecule has 1 N–H and O–H groups in total. The van der Waals surface area contributed by atoms with Gasteiger partial charge in [-0.2, -0.15) is 13.2 Å². The van der Waals surface area contributed by atoms with Gasteiger partial charge in [0.2, 0.25) is 6.23 Å². The fourth-order valence-corrected chi connectivity index (χ4v) is 5.87. The van der Waals surface area contributed by atoms with Crippen LogP contribution in [0, 0.1) is 25.7 Å². The van der Waals surface area contributed by atoms with Crippen LogP contribution < -0.4 is 5.32 Å². The standard InChI is InChI=1S/C30H37F3N4O4/c1-19-9-8-10-20(2)25(19)27(39)37-17-22-15-36(16-23(22)18-37)14-13-24(21-11-6-5-7-12-21)34-26(38)28(35(3)4)41-29(40)30(31,32)33/h5-12,22-24,28H,13-18H2,1-4H3,(H,34,38). The number of esters is 1. The summed E-state index contributed by atoms with van der Waals surface area (Å²) in [5.41, 5.74) is 3.53. The number of carbonyl (C=O) groups excluding carboxylic acids is 3. The van der Waals surface area contributed by atoms with E-state index in [1.807, 2.05) is 67.3 Å². The van der Waals surface area contributed by atoms with E-state index < -0.39 is 30.3 Å². The third-order valence-corrected chi connectivity index (χ3v) is 7.94. The van der Waals surface area contributed by atoms with Gasteiger partial charge in [0.1, 0.15) is 0 Å². The molecule has 222 valence electrons. The van der Waals surface area contributed by atoms with Crippen molar-refractivity contribution in [3.8, 4) is 0 Å². The van der Waals surface area contributed by atoms with E-state index in [0.29, 0.717) is 37.9 Å². The molecule has 41 heavy (non-hydrogen) atoms. The molecule has 2 amide bonds. The van der Waals surface area contributed by atoms with Gasteiger partial charge in [-0.05, 0) is 62.9 Å². The smallest absolute Gasteiger partial charge is 0.430 e. The van der Waals surface area contributed by atoms with Crippen LogP contribution in [0.25, 0.3) is 0 Å². The maximum Gasteiger partial charge on any atom is 0.490 e. The Kier molecular flexibility index (Phi) is 9.38. The average Bonchev–Trinajstić information content (AvgIpc) is 3.48. The molecule has 0 saturated carbocycles. The molecule has 2 aliphatic heterocycles. The van der Waals surface area contributed by atoms with E-state index in [1.165, 1.54) is 14.1 Å². The van der Waals surface area contributed by atoms with Crippen molar-refractivity contribution in [3.63, 3.8) is 0 Å². The summed E-state index contributed by atoms with van der Waals surface area (Å²) in [6.07, 6.45) is -6.44. The summed E-state index contributed by atoms with van der Waals surface area (Å²) in [5.74, 6) is -2.47. The maximum atomic E-state index is 13.3. The first-order chi connectivity index (χ1) is 19.3. The summed E-state index contributed by atoms with van der Waals surface area (Å²) in [6, 6.07) is 14.5. The van der Waals surface area contributed by atoms with Gasteiger partial charge in [0.25, 0.3) is 11.8 Å². The second-order valence-electron chi connectivity index (χ2n) is 11.2. The third kappa shape index (κ3) is 7.26. The Morgan fingerprint density at radius 3 is 2.07 bits per heavy atom. The van der Waals surface area contributed by atoms with Crippen LogP contribution in [0.2, 0.25) is 0 Å². The lowest BCUT2D eigenvalue weighted by atomic mass is 10.0. The Bertz CT molecular complexity index is 1220. The van der Waals surface area contributed by atoms with Crippen LogP contribution in [0.5, 0.6) is 0 Å². The van der Waals surface area contributed by atoms with Crippen molar-refractivity contribution in [1.29, 1.82) is 0 Å². The van der Waals surface area contributed by atoms with E-state index in [1.54, 1.807) is 0 Å². The first kappa shape index (κ1) is 30.5. The highest BCUT2D eigenvalue weighted by Crippen LogP contribution is 2.33. The molecule has 0 aromatic heterocycles. The number of ether oxygens (including phenoxy) is 1. The number of carbonyl (C=O) groups is 3. The minimum atomic E-state index is -5.21. The monoisotopic (exact) mass is 574 g/mol. The minimum Gasteiger partial charge on any atom is -0.430 e. The number of halogens is 3. The van der Waals surface area contributed by atoms with Gasteiger partial charge in [-0.15, -0.1) is 0 Å². The van der Waals surface area contributed by atoms with Crippen LogP contribution in [0.4, 0.5) is 13.2 Å². The SMILES string of the molecule is Cc1cccc(C)c1C(=O)N1CC2CN(CCC(NC(=O)C(OC(=O)C(F)(F)F)N(C)C)c3ccccc3)CC2C1. The fourth-order valence-electron chi connectivity index (χ4n) is 5.87. The van der Waals surface area contributed by atoms with E-state index >= 15 is 0 Å². The minimum absolute atomic E-state index is 0.0788. The number of aryl methyl sites for hydroxylation is 2. The molecule has 2 aromatic carbocycles. The molecule has 4 rings (SSSR count). The van der Waals surface area contributed by atoms with Crippen LogP contribution >= 0.6 is 0 Å². The van der Waals surface area contributed by atoms with Gasteiger partial charge in [-0.1, -0.05) is 48.5 Å². The normalized spacial score (nSPS) is 20.5. The van der Waals surface area contributed by atoms with Gasteiger partial charge in [-0.3, -0.25) is 14.5 Å². The summed E-state index contributed by atoms with van der Waals surface area (Å²) in [6.45, 7) is 7.60. The molecule has 4 unspecified atom stereocenters. The first-order valence-corrected chi connectivity index (χ1v) is 13.7. The molecule has 0 spiro atoms. The van der Waals surface area contributed by atoms with Gasteiger partial charge in [0.05, 0.1) is 6.04 Å². The molecule has 11 heteroatoms. The first-order valence-electron chi connectivity index (χ1n) is 13.7. The predicted molar refractivity (Wildman–Crippen MR) is 147 cm³/mol. The second-order valence-corrected chi connectivity index (χ2v) is 11.2. The molecular weight excluding hydrogens is 537 g/mol. The van der Waals surface area contributed by atoms with Gasteiger partial charge < -0.3 is 19.9 Å². The number of nitrogens with one attached hydrogen (secondary N) is 1. The molecule has 2 saturated heterocycles. The van der Waals surface area contributed by atoms with Gasteiger partial charge in [-0.25, -0.2) is 4.79 Å². The number of likely N-dealkylation sites (N-methyl/N-ethyl adjacent to an activating group) is 1. The van der Waals surface area contributed by atoms with E-state index in [4.69, 9.17) is 0 Å². The number of likely N-dealkylation sites (tertiary alicyclic amines) is 2. The zero-order chi connectivity index (χ0) is 29.9. The number of amides is 2. The molecule has 0 radical (unpaired) electrons. The number of rotatable bonds is 9. The van der Waals surface area contributed by atoms with Gasteiger partial charge in [0, 0.05) is 38.3 Å². The Balaban J connectivity index is 1.37. The zero-order valence-corrected chi connectivity index (χ0v) is 23.8. The van der Waals surface area contributed by atoms with Crippen LogP contribution in [0.3, 0.4) is 0 Å². The fraction of sp³-hybridized carbons (Fsp3) is 0.500. The average molecular weight is 575 g/mol. The number of benzene rings is 2. The summed E-state index contributed by atoms with van der Waals surface area (Å²) < 4.78 is 42.9. The van der Waals surface area contributed by atoms with Crippen molar-refractivity contribution in [2.24, 2.45) is 11.8 Å². The Labute approximate surface area is 238 Å². The molecule has 4 atom stereocenters. The highest BCUT2D eigenvalue weighted by molar-refractivity contribution is 5.97. The highest BCUT2D eigenvalue weighted by Gasteiger charge is 2.44. The summed E-state index contributed by atoms with van der Waals surface area (Å²) in [7, 11) is 2.73. The van der Waals surface area contributed by atoms with E-state index in [9.17, 15) is 27.6 Å². The predicted octanol–water partition coefficient (Wildman–Crippen LogP) is 3.55. The number of alkyl halides is 3. The lowest BCUT2D eigenvalue weighted by Crippen LogP contribution is -2.49. The molecule has 0 bridgehead atoms. The molecule has 0 aliphatic carbocycles. The summed E-state index contributed by atoms with van der Waals surface area (Å²) in [4.78, 5) is 43.1. The third-order valence-electron chi connectivity index (χ3n) is 7.94. The summed E-state index contributed by atoms with van der Waals surface area (Å²) >= 11 is 0. The largest absolute Gasteiger partial charge is 0.490 e. The van der Waals surface area contributed by atoms with E-state index in [0.717, 1.165) is 40.2 Å². The molecule has 2 aromatic rings. The number of hydrogen-bond donors (Lipinski definition) is 1. The zero-order valence-electron chi connectivity index (χ0n) is 23.8. The molecule has 2 heterocycles. The highest BCUT2D eigenvalue weighted by atomic mass is 19.4. The van der Waals surface area contributed by atoms with Gasteiger partial charge >= 0.3 is 12.1 Å². The quantitative estimate of drug-likeness (QED) is 0.365. The molecule has 2 fully saturated rings. The topological polar surface area (TPSA) is 82.2 Å². The summed E-state index contributed by atoms with van der Waals surface area (Å²) in [5, 5.41) is 2.79. The lowest BCUT2D eigenvalue weighted by Gasteiger charge is -2.28. The van der Waals surface area contributed by atoms with Crippen LogP contribution in [-0.2, 0) is 14.3 Å². The van der Waals surface area contributed by atoms with Crippen molar-refractivity contribution in [3.05, 3.63) is 70.8 Å². The van der Waals surface area contributed by atoms with E-state index in [-0.39, 0.29) is 5.91 Å². The number of nitrogens with zero attached hydrogens (tertiary/aromatic N) is 3. The van der Waals surface area contributed by atoms with Crippen molar-refractivity contribution in [2.75, 3.05) is 46.8 Å². The van der Waals surface area contributed by atoms with Crippen LogP contribution in [-0.4, -0.2) is 91.7 Å². The molecular formula is C30H37F3N4O4. The Morgan fingerprint density at radius 1 is 0.951 bits per heavy atom. The second kappa shape index (κ2) is 12.6.